The van der Waals surface area contributed by atoms with E-state index in [1.807, 2.05) is 28.5 Å². The lowest BCUT2D eigenvalue weighted by molar-refractivity contribution is 0.242. The van der Waals surface area contributed by atoms with E-state index < -0.39 is 0 Å². The molecule has 0 unspecified atom stereocenters. The summed E-state index contributed by atoms with van der Waals surface area (Å²) in [6, 6.07) is 10.5. The van der Waals surface area contributed by atoms with E-state index in [1.165, 1.54) is 23.3 Å². The average Bonchev–Trinajstić information content (AvgIpc) is 3.39. The highest BCUT2D eigenvalue weighted by molar-refractivity contribution is 7.13. The largest absolute Gasteiger partial charge is 0.294 e. The van der Waals surface area contributed by atoms with Gasteiger partial charge < -0.3 is 0 Å². The Morgan fingerprint density at radius 1 is 1.14 bits per heavy atom. The van der Waals surface area contributed by atoms with E-state index in [9.17, 15) is 4.39 Å². The first-order valence-electron chi connectivity index (χ1n) is 9.58. The van der Waals surface area contributed by atoms with E-state index in [0.29, 0.717) is 0 Å². The Bertz CT molecular complexity index is 1130. The van der Waals surface area contributed by atoms with E-state index in [-0.39, 0.29) is 5.82 Å². The molecule has 5 nitrogen and oxygen atoms in total. The standard InChI is InChI=1S/C22H20FN5S/c1-15-16(12-25-28(15)19-6-4-18(23)5-7-19)13-27-9-8-20-17(14-27)11-24-22(26-20)21-3-2-10-29-21/h2-7,10-12H,8-9,13-14H2,1H3. The summed E-state index contributed by atoms with van der Waals surface area (Å²) >= 11 is 1.67. The van der Waals surface area contributed by atoms with Crippen LogP contribution in [0, 0.1) is 12.7 Å². The summed E-state index contributed by atoms with van der Waals surface area (Å²) < 4.78 is 15.1. The highest BCUT2D eigenvalue weighted by Gasteiger charge is 2.20. The fraction of sp³-hybridized carbons (Fsp3) is 0.227. The topological polar surface area (TPSA) is 46.8 Å². The Morgan fingerprint density at radius 3 is 2.79 bits per heavy atom. The van der Waals surface area contributed by atoms with Gasteiger partial charge in [-0.15, -0.1) is 11.3 Å². The molecule has 3 aromatic heterocycles. The van der Waals surface area contributed by atoms with Gasteiger partial charge in [0.15, 0.2) is 5.82 Å². The third kappa shape index (κ3) is 3.59. The molecule has 0 radical (unpaired) electrons. The lowest BCUT2D eigenvalue weighted by Crippen LogP contribution is -2.31. The third-order valence-electron chi connectivity index (χ3n) is 5.33. The van der Waals surface area contributed by atoms with Gasteiger partial charge in [-0.1, -0.05) is 6.07 Å². The maximum atomic E-state index is 13.2. The van der Waals surface area contributed by atoms with Crippen molar-refractivity contribution in [3.63, 3.8) is 0 Å². The predicted octanol–water partition coefficient (Wildman–Crippen LogP) is 4.40. The van der Waals surface area contributed by atoms with Gasteiger partial charge in [-0.25, -0.2) is 19.0 Å². The van der Waals surface area contributed by atoms with Crippen LogP contribution in [0.1, 0.15) is 22.5 Å². The van der Waals surface area contributed by atoms with E-state index in [1.54, 1.807) is 23.5 Å². The van der Waals surface area contributed by atoms with Crippen LogP contribution in [0.3, 0.4) is 0 Å². The van der Waals surface area contributed by atoms with E-state index in [0.717, 1.165) is 53.8 Å². The molecule has 4 aromatic rings. The van der Waals surface area contributed by atoms with Crippen molar-refractivity contribution in [1.29, 1.82) is 0 Å². The highest BCUT2D eigenvalue weighted by atomic mass is 32.1. The number of fused-ring (bicyclic) bond motifs is 1. The number of rotatable bonds is 4. The van der Waals surface area contributed by atoms with E-state index in [4.69, 9.17) is 4.98 Å². The number of halogens is 1. The molecule has 0 amide bonds. The molecule has 1 aliphatic rings. The molecule has 4 heterocycles. The molecule has 29 heavy (non-hydrogen) atoms. The van der Waals surface area contributed by atoms with Crippen molar-refractivity contribution in [2.45, 2.75) is 26.4 Å². The first-order chi connectivity index (χ1) is 14.2. The molecule has 0 N–H and O–H groups in total. The van der Waals surface area contributed by atoms with Crippen LogP contribution in [-0.4, -0.2) is 31.2 Å². The SMILES string of the molecule is Cc1c(CN2CCc3nc(-c4cccs4)ncc3C2)cnn1-c1ccc(F)cc1. The van der Waals surface area contributed by atoms with Crippen LogP contribution in [0.5, 0.6) is 0 Å². The number of hydrogen-bond acceptors (Lipinski definition) is 5. The zero-order valence-corrected chi connectivity index (χ0v) is 16.9. The number of aromatic nitrogens is 4. The van der Waals surface area contributed by atoms with Crippen molar-refractivity contribution < 1.29 is 4.39 Å². The highest BCUT2D eigenvalue weighted by Crippen LogP contribution is 2.25. The minimum Gasteiger partial charge on any atom is -0.294 e. The van der Waals surface area contributed by atoms with Gasteiger partial charge in [-0.2, -0.15) is 5.10 Å². The van der Waals surface area contributed by atoms with Crippen LogP contribution in [0.4, 0.5) is 4.39 Å². The van der Waals surface area contributed by atoms with Crippen molar-refractivity contribution >= 4 is 11.3 Å². The second-order valence-corrected chi connectivity index (χ2v) is 8.19. The molecule has 0 spiro atoms. The van der Waals surface area contributed by atoms with Crippen LogP contribution < -0.4 is 0 Å². The van der Waals surface area contributed by atoms with Crippen molar-refractivity contribution in [3.8, 4) is 16.4 Å². The van der Waals surface area contributed by atoms with Crippen molar-refractivity contribution in [1.82, 2.24) is 24.6 Å². The molecule has 7 heteroatoms. The molecule has 5 rings (SSSR count). The lowest BCUT2D eigenvalue weighted by Gasteiger charge is -2.27. The molecule has 1 aliphatic heterocycles. The molecule has 0 bridgehead atoms. The third-order valence-corrected chi connectivity index (χ3v) is 6.20. The van der Waals surface area contributed by atoms with Gasteiger partial charge in [0.1, 0.15) is 5.82 Å². The zero-order valence-electron chi connectivity index (χ0n) is 16.0. The normalized spacial score (nSPS) is 14.1. The smallest absolute Gasteiger partial charge is 0.169 e. The Balaban J connectivity index is 1.32. The summed E-state index contributed by atoms with van der Waals surface area (Å²) in [6.45, 7) is 4.66. The molecule has 0 saturated carbocycles. The van der Waals surface area contributed by atoms with Crippen LogP contribution in [0.2, 0.25) is 0 Å². The summed E-state index contributed by atoms with van der Waals surface area (Å²) in [4.78, 5) is 12.9. The minimum atomic E-state index is -0.241. The van der Waals surface area contributed by atoms with Gasteiger partial charge in [-0.3, -0.25) is 4.90 Å². The molecule has 0 atom stereocenters. The Hall–Kier alpha value is -2.90. The van der Waals surface area contributed by atoms with Crippen LogP contribution in [0.15, 0.2) is 54.2 Å². The maximum absolute atomic E-state index is 13.2. The van der Waals surface area contributed by atoms with Gasteiger partial charge in [0.05, 0.1) is 22.5 Å². The first-order valence-corrected chi connectivity index (χ1v) is 10.5. The Labute approximate surface area is 172 Å². The number of thiophene rings is 1. The first kappa shape index (κ1) is 18.1. The average molecular weight is 406 g/mol. The van der Waals surface area contributed by atoms with Crippen LogP contribution in [0.25, 0.3) is 16.4 Å². The van der Waals surface area contributed by atoms with Crippen molar-refractivity contribution in [3.05, 3.63) is 82.5 Å². The summed E-state index contributed by atoms with van der Waals surface area (Å²) in [5.74, 6) is 0.582. The maximum Gasteiger partial charge on any atom is 0.169 e. The van der Waals surface area contributed by atoms with Crippen molar-refractivity contribution in [2.24, 2.45) is 0 Å². The zero-order chi connectivity index (χ0) is 19.8. The van der Waals surface area contributed by atoms with Gasteiger partial charge in [0, 0.05) is 49.1 Å². The quantitative estimate of drug-likeness (QED) is 0.505. The van der Waals surface area contributed by atoms with Gasteiger partial charge >= 0.3 is 0 Å². The van der Waals surface area contributed by atoms with Gasteiger partial charge in [0.25, 0.3) is 0 Å². The van der Waals surface area contributed by atoms with Crippen LogP contribution in [-0.2, 0) is 19.5 Å². The summed E-state index contributed by atoms with van der Waals surface area (Å²) in [7, 11) is 0. The fourth-order valence-electron chi connectivity index (χ4n) is 3.72. The molecule has 0 fully saturated rings. The summed E-state index contributed by atoms with van der Waals surface area (Å²) in [6.07, 6.45) is 4.80. The number of nitrogens with zero attached hydrogens (tertiary/aromatic N) is 5. The Morgan fingerprint density at radius 2 is 2.00 bits per heavy atom. The minimum absolute atomic E-state index is 0.241. The lowest BCUT2D eigenvalue weighted by atomic mass is 10.1. The molecule has 146 valence electrons. The molecular weight excluding hydrogens is 385 g/mol. The summed E-state index contributed by atoms with van der Waals surface area (Å²) in [5, 5.41) is 6.56. The monoisotopic (exact) mass is 405 g/mol. The summed E-state index contributed by atoms with van der Waals surface area (Å²) in [5.41, 5.74) is 5.47. The van der Waals surface area contributed by atoms with Gasteiger partial charge in [-0.05, 0) is 42.6 Å². The second kappa shape index (κ2) is 7.50. The molecule has 0 aliphatic carbocycles. The van der Waals surface area contributed by atoms with E-state index >= 15 is 0 Å². The molecule has 1 aromatic carbocycles. The predicted molar refractivity (Wildman–Crippen MR) is 111 cm³/mol. The molecule has 0 saturated heterocycles. The number of benzene rings is 1. The number of hydrogen-bond donors (Lipinski definition) is 0. The van der Waals surface area contributed by atoms with Gasteiger partial charge in [0.2, 0.25) is 0 Å². The van der Waals surface area contributed by atoms with Crippen LogP contribution >= 0.6 is 11.3 Å². The molecular formula is C22H20FN5S. The second-order valence-electron chi connectivity index (χ2n) is 7.25. The van der Waals surface area contributed by atoms with E-state index in [2.05, 4.69) is 28.0 Å². The Kier molecular flexibility index (Phi) is 4.69. The van der Waals surface area contributed by atoms with Crippen molar-refractivity contribution in [2.75, 3.05) is 6.54 Å². The fourth-order valence-corrected chi connectivity index (χ4v) is 4.38.